The molecular weight excluding hydrogens is 326 g/mol. The summed E-state index contributed by atoms with van der Waals surface area (Å²) >= 11 is 0. The van der Waals surface area contributed by atoms with Crippen LogP contribution in [0.2, 0.25) is 0 Å². The lowest BCUT2D eigenvalue weighted by Crippen LogP contribution is -2.45. The molecule has 0 spiro atoms. The Morgan fingerprint density at radius 2 is 1.64 bits per heavy atom. The molecule has 1 aromatic carbocycles. The molecule has 1 heterocycles. The molecule has 1 fully saturated rings. The third-order valence-electron chi connectivity index (χ3n) is 3.73. The minimum absolute atomic E-state index is 0.0822. The van der Waals surface area contributed by atoms with Gasteiger partial charge < -0.3 is 5.11 Å². The van der Waals surface area contributed by atoms with Gasteiger partial charge in [-0.15, -0.1) is 0 Å². The van der Waals surface area contributed by atoms with Crippen molar-refractivity contribution in [1.82, 2.24) is 4.31 Å². The second-order valence-corrected chi connectivity index (χ2v) is 7.12. The van der Waals surface area contributed by atoms with Gasteiger partial charge in [-0.2, -0.15) is 17.5 Å². The van der Waals surface area contributed by atoms with Crippen LogP contribution in [-0.2, 0) is 10.0 Å². The van der Waals surface area contributed by atoms with Crippen molar-refractivity contribution in [1.29, 1.82) is 0 Å². The third kappa shape index (κ3) is 3.58. The summed E-state index contributed by atoms with van der Waals surface area (Å²) in [4.78, 5) is -0.108. The average Bonchev–Trinajstić information content (AvgIpc) is 2.46. The Bertz CT molecular complexity index is 607. The highest BCUT2D eigenvalue weighted by molar-refractivity contribution is 7.89. The van der Waals surface area contributed by atoms with Crippen LogP contribution in [0.3, 0.4) is 0 Å². The molecule has 0 aromatic heterocycles. The number of hydrogen-bond donors (Lipinski definition) is 1. The van der Waals surface area contributed by atoms with Gasteiger partial charge >= 0.3 is 6.18 Å². The fourth-order valence-corrected chi connectivity index (χ4v) is 3.92. The maximum atomic E-state index is 12.8. The van der Waals surface area contributed by atoms with Crippen LogP contribution >= 0.6 is 0 Å². The van der Waals surface area contributed by atoms with E-state index in [-0.39, 0.29) is 30.8 Å². The summed E-state index contributed by atoms with van der Waals surface area (Å²) in [7, 11) is -3.86. The van der Waals surface area contributed by atoms with E-state index in [1.807, 2.05) is 0 Å². The van der Waals surface area contributed by atoms with Crippen molar-refractivity contribution in [3.8, 4) is 0 Å². The fraction of sp³-hybridized carbons (Fsp3) is 0.538. The third-order valence-corrected chi connectivity index (χ3v) is 5.64. The summed E-state index contributed by atoms with van der Waals surface area (Å²) in [6, 6.07) is 4.24. The van der Waals surface area contributed by atoms with Crippen molar-refractivity contribution in [2.45, 2.75) is 30.0 Å². The summed E-state index contributed by atoms with van der Waals surface area (Å²) in [5, 5.41) is 9.21. The van der Waals surface area contributed by atoms with Crippen LogP contribution < -0.4 is 0 Å². The normalized spacial score (nSPS) is 20.0. The second-order valence-electron chi connectivity index (χ2n) is 5.18. The zero-order chi connectivity index (χ0) is 16.5. The minimum Gasteiger partial charge on any atom is -0.383 e. The molecule has 0 amide bonds. The molecule has 0 radical (unpaired) electrons. The molecule has 1 aliphatic heterocycles. The number of aliphatic hydroxyl groups excluding tert-OH is 1. The molecule has 2 rings (SSSR count). The molecule has 0 bridgehead atoms. The van der Waals surface area contributed by atoms with Crippen LogP contribution in [0.5, 0.6) is 0 Å². The maximum Gasteiger partial charge on any atom is 0.414 e. The van der Waals surface area contributed by atoms with Crippen molar-refractivity contribution < 1.29 is 31.1 Å². The summed E-state index contributed by atoms with van der Waals surface area (Å²) < 4.78 is 75.8. The highest BCUT2D eigenvalue weighted by atomic mass is 32.2. The van der Waals surface area contributed by atoms with Crippen LogP contribution in [0.25, 0.3) is 0 Å². The molecule has 1 atom stereocenters. The number of sulfonamides is 1. The molecule has 1 N–H and O–H groups in total. The Balaban J connectivity index is 2.06. The Hall–Kier alpha value is -1.19. The van der Waals surface area contributed by atoms with Crippen LogP contribution in [0.4, 0.5) is 17.6 Å². The van der Waals surface area contributed by atoms with Gasteiger partial charge in [0.1, 0.15) is 5.82 Å². The molecule has 1 aromatic rings. The highest BCUT2D eigenvalue weighted by Gasteiger charge is 2.45. The highest BCUT2D eigenvalue weighted by Crippen LogP contribution is 2.33. The standard InChI is InChI=1S/C13H15F4NO3S/c14-10-1-3-11(4-2-10)22(20,21)18-7-5-9(6-8-18)12(19)13(15,16)17/h1-4,9,12,19H,5-8H2. The molecule has 4 nitrogen and oxygen atoms in total. The van der Waals surface area contributed by atoms with E-state index < -0.39 is 34.0 Å². The van der Waals surface area contributed by atoms with E-state index in [1.165, 1.54) is 0 Å². The summed E-state index contributed by atoms with van der Waals surface area (Å²) in [5.41, 5.74) is 0. The summed E-state index contributed by atoms with van der Waals surface area (Å²) in [5.74, 6) is -1.59. The first kappa shape index (κ1) is 17.2. The average molecular weight is 341 g/mol. The van der Waals surface area contributed by atoms with Crippen molar-refractivity contribution >= 4 is 10.0 Å². The molecule has 1 unspecified atom stereocenters. The second kappa shape index (κ2) is 6.13. The Morgan fingerprint density at radius 1 is 1.14 bits per heavy atom. The zero-order valence-corrected chi connectivity index (χ0v) is 12.2. The summed E-state index contributed by atoms with van der Waals surface area (Å²) in [6.07, 6.45) is -7.31. The first-order valence-electron chi connectivity index (χ1n) is 6.63. The quantitative estimate of drug-likeness (QED) is 0.857. The molecule has 22 heavy (non-hydrogen) atoms. The minimum atomic E-state index is -4.71. The van der Waals surface area contributed by atoms with E-state index in [0.29, 0.717) is 0 Å². The monoisotopic (exact) mass is 341 g/mol. The number of piperidine rings is 1. The van der Waals surface area contributed by atoms with Gasteiger partial charge in [-0.3, -0.25) is 0 Å². The van der Waals surface area contributed by atoms with E-state index >= 15 is 0 Å². The summed E-state index contributed by atoms with van der Waals surface area (Å²) in [6.45, 7) is -0.227. The predicted molar refractivity (Wildman–Crippen MR) is 69.9 cm³/mol. The van der Waals surface area contributed by atoms with E-state index in [2.05, 4.69) is 0 Å². The first-order chi connectivity index (χ1) is 10.1. The Kier molecular flexibility index (Phi) is 4.78. The number of benzene rings is 1. The Morgan fingerprint density at radius 3 is 2.09 bits per heavy atom. The van der Waals surface area contributed by atoms with Crippen LogP contribution in [0, 0.1) is 11.7 Å². The van der Waals surface area contributed by atoms with E-state index in [1.54, 1.807) is 0 Å². The van der Waals surface area contributed by atoms with Gasteiger partial charge in [0.05, 0.1) is 4.90 Å². The van der Waals surface area contributed by atoms with Crippen molar-refractivity contribution in [3.63, 3.8) is 0 Å². The maximum absolute atomic E-state index is 12.8. The Labute approximate surface area is 125 Å². The molecule has 124 valence electrons. The van der Waals surface area contributed by atoms with Crippen molar-refractivity contribution in [3.05, 3.63) is 30.1 Å². The van der Waals surface area contributed by atoms with Gasteiger partial charge in [-0.05, 0) is 43.0 Å². The molecule has 9 heteroatoms. The van der Waals surface area contributed by atoms with Gasteiger partial charge in [-0.1, -0.05) is 0 Å². The van der Waals surface area contributed by atoms with E-state index in [0.717, 1.165) is 28.6 Å². The number of rotatable bonds is 3. The van der Waals surface area contributed by atoms with Crippen molar-refractivity contribution in [2.75, 3.05) is 13.1 Å². The number of hydrogen-bond acceptors (Lipinski definition) is 3. The van der Waals surface area contributed by atoms with Gasteiger partial charge in [0.15, 0.2) is 6.10 Å². The first-order valence-corrected chi connectivity index (χ1v) is 8.07. The van der Waals surface area contributed by atoms with Crippen LogP contribution in [-0.4, -0.2) is 43.2 Å². The molecule has 0 aliphatic carbocycles. The molecule has 1 saturated heterocycles. The SMILES string of the molecule is O=S(=O)(c1ccc(F)cc1)N1CCC(C(O)C(F)(F)F)CC1. The predicted octanol–water partition coefficient (Wildman–Crippen LogP) is 2.15. The topological polar surface area (TPSA) is 57.6 Å². The zero-order valence-electron chi connectivity index (χ0n) is 11.4. The van der Waals surface area contributed by atoms with Crippen LogP contribution in [0.15, 0.2) is 29.2 Å². The lowest BCUT2D eigenvalue weighted by atomic mass is 9.92. The molecule has 0 saturated carbocycles. The number of alkyl halides is 3. The van der Waals surface area contributed by atoms with Crippen LogP contribution in [0.1, 0.15) is 12.8 Å². The molecular formula is C13H15F4NO3S. The van der Waals surface area contributed by atoms with Gasteiger partial charge in [-0.25, -0.2) is 12.8 Å². The number of aliphatic hydroxyl groups is 1. The fourth-order valence-electron chi connectivity index (χ4n) is 2.45. The lowest BCUT2D eigenvalue weighted by molar-refractivity contribution is -0.222. The number of nitrogens with zero attached hydrogens (tertiary/aromatic N) is 1. The van der Waals surface area contributed by atoms with E-state index in [4.69, 9.17) is 0 Å². The van der Waals surface area contributed by atoms with Crippen molar-refractivity contribution in [2.24, 2.45) is 5.92 Å². The lowest BCUT2D eigenvalue weighted by Gasteiger charge is -2.34. The van der Waals surface area contributed by atoms with Gasteiger partial charge in [0.2, 0.25) is 10.0 Å². The smallest absolute Gasteiger partial charge is 0.383 e. The van der Waals surface area contributed by atoms with E-state index in [9.17, 15) is 31.1 Å². The number of halogens is 4. The molecule has 1 aliphatic rings. The largest absolute Gasteiger partial charge is 0.414 e. The van der Waals surface area contributed by atoms with Gasteiger partial charge in [0.25, 0.3) is 0 Å². The van der Waals surface area contributed by atoms with Gasteiger partial charge in [0, 0.05) is 13.1 Å².